The quantitative estimate of drug-likeness (QED) is 0.676. The smallest absolute Gasteiger partial charge is 0.262 e. The van der Waals surface area contributed by atoms with Crippen LogP contribution in [0, 0.1) is 0 Å². The van der Waals surface area contributed by atoms with Gasteiger partial charge in [-0.2, -0.15) is 5.10 Å². The fourth-order valence-corrected chi connectivity index (χ4v) is 4.08. The molecule has 0 radical (unpaired) electrons. The van der Waals surface area contributed by atoms with Crippen molar-refractivity contribution in [3.8, 4) is 5.69 Å². The van der Waals surface area contributed by atoms with Crippen molar-refractivity contribution in [1.29, 1.82) is 0 Å². The molecule has 0 aliphatic carbocycles. The van der Waals surface area contributed by atoms with Crippen LogP contribution in [-0.4, -0.2) is 36.5 Å². The number of carbonyl (C=O) groups is 1. The number of benzene rings is 2. The highest BCUT2D eigenvalue weighted by atomic mass is 32.2. The molecule has 0 spiro atoms. The fourth-order valence-electron chi connectivity index (χ4n) is 2.94. The minimum absolute atomic E-state index is 0.0601. The number of nitrogens with one attached hydrogen (secondary N) is 2. The second kappa shape index (κ2) is 7.88. The molecule has 1 amide bonds. The van der Waals surface area contributed by atoms with Crippen molar-refractivity contribution >= 4 is 27.5 Å². The number of carbonyl (C=O) groups excluding carboxylic acids is 1. The van der Waals surface area contributed by atoms with Gasteiger partial charge in [-0.15, -0.1) is 0 Å². The number of anilines is 1. The number of para-hydroxylation sites is 1. The van der Waals surface area contributed by atoms with E-state index in [1.165, 1.54) is 18.3 Å². The van der Waals surface area contributed by atoms with Crippen LogP contribution >= 0.6 is 0 Å². The predicted octanol–water partition coefficient (Wildman–Crippen LogP) is 2.60. The van der Waals surface area contributed by atoms with Gasteiger partial charge in [-0.25, -0.2) is 13.1 Å². The first-order valence-electron chi connectivity index (χ1n) is 9.09. The molecule has 2 heterocycles. The van der Waals surface area contributed by atoms with Crippen molar-refractivity contribution in [2.75, 3.05) is 11.9 Å². The maximum absolute atomic E-state index is 12.5. The topological polar surface area (TPSA) is 105 Å². The van der Waals surface area contributed by atoms with E-state index in [-0.39, 0.29) is 10.8 Å². The Morgan fingerprint density at radius 3 is 2.66 bits per heavy atom. The summed E-state index contributed by atoms with van der Waals surface area (Å²) in [4.78, 5) is 16.7. The van der Waals surface area contributed by atoms with Crippen LogP contribution in [0.1, 0.15) is 23.2 Å². The van der Waals surface area contributed by atoms with Gasteiger partial charge in [0.2, 0.25) is 0 Å². The van der Waals surface area contributed by atoms with Crippen molar-refractivity contribution in [3.63, 3.8) is 0 Å². The Hall–Kier alpha value is -3.46. The minimum Gasteiger partial charge on any atom is -0.322 e. The van der Waals surface area contributed by atoms with E-state index in [4.69, 9.17) is 0 Å². The molecule has 8 nitrogen and oxygen atoms in total. The van der Waals surface area contributed by atoms with Gasteiger partial charge < -0.3 is 5.32 Å². The zero-order valence-corrected chi connectivity index (χ0v) is 16.3. The van der Waals surface area contributed by atoms with E-state index < -0.39 is 10.0 Å². The molecule has 2 aromatic carbocycles. The van der Waals surface area contributed by atoms with Crippen LogP contribution < -0.4 is 10.0 Å². The first kappa shape index (κ1) is 18.9. The third-order valence-corrected chi connectivity index (χ3v) is 5.77. The predicted molar refractivity (Wildman–Crippen MR) is 110 cm³/mol. The first-order valence-corrected chi connectivity index (χ1v) is 10.6. The summed E-state index contributed by atoms with van der Waals surface area (Å²) in [5.74, 6) is 0.0858. The SMILES string of the molecule is O=C(Nc1cccc(S(=O)(=O)NC2=NCCC2)c1)c1cnn(-c2ccccc2)c1. The van der Waals surface area contributed by atoms with Crippen LogP contribution in [0.2, 0.25) is 0 Å². The summed E-state index contributed by atoms with van der Waals surface area (Å²) in [5, 5.41) is 6.91. The van der Waals surface area contributed by atoms with Gasteiger partial charge in [0.15, 0.2) is 0 Å². The van der Waals surface area contributed by atoms with Gasteiger partial charge in [0, 0.05) is 24.8 Å². The fraction of sp³-hybridized carbons (Fsp3) is 0.150. The molecule has 4 rings (SSSR count). The van der Waals surface area contributed by atoms with Crippen LogP contribution in [0.3, 0.4) is 0 Å². The number of amides is 1. The van der Waals surface area contributed by atoms with Gasteiger partial charge in [-0.05, 0) is 36.8 Å². The number of sulfonamides is 1. The number of rotatable bonds is 5. The molecule has 148 valence electrons. The second-order valence-corrected chi connectivity index (χ2v) is 8.21. The van der Waals surface area contributed by atoms with Crippen LogP contribution in [0.4, 0.5) is 5.69 Å². The Morgan fingerprint density at radius 2 is 1.90 bits per heavy atom. The lowest BCUT2D eigenvalue weighted by molar-refractivity contribution is 0.102. The van der Waals surface area contributed by atoms with Gasteiger partial charge in [0.1, 0.15) is 5.84 Å². The molecule has 0 atom stereocenters. The second-order valence-electron chi connectivity index (χ2n) is 6.53. The molecule has 3 aromatic rings. The summed E-state index contributed by atoms with van der Waals surface area (Å²) < 4.78 is 29.2. The zero-order chi connectivity index (χ0) is 20.3. The highest BCUT2D eigenvalue weighted by Crippen LogP contribution is 2.17. The zero-order valence-electron chi connectivity index (χ0n) is 15.4. The molecule has 0 bridgehead atoms. The maximum Gasteiger partial charge on any atom is 0.262 e. The van der Waals surface area contributed by atoms with E-state index in [0.29, 0.717) is 30.1 Å². The standard InChI is InChI=1S/C20H19N5O3S/c26-20(15-13-22-25(14-15)17-7-2-1-3-8-17)23-16-6-4-9-18(12-16)29(27,28)24-19-10-5-11-21-19/h1-4,6-9,12-14H,5,10-11H2,(H,21,24)(H,23,26). The summed E-state index contributed by atoms with van der Waals surface area (Å²) in [5.41, 5.74) is 1.57. The molecular weight excluding hydrogens is 390 g/mol. The van der Waals surface area contributed by atoms with Crippen molar-refractivity contribution < 1.29 is 13.2 Å². The summed E-state index contributed by atoms with van der Waals surface area (Å²) in [6.07, 6.45) is 4.53. The van der Waals surface area contributed by atoms with Crippen molar-refractivity contribution in [1.82, 2.24) is 14.5 Å². The molecule has 0 unspecified atom stereocenters. The lowest BCUT2D eigenvalue weighted by atomic mass is 10.3. The summed E-state index contributed by atoms with van der Waals surface area (Å²) in [6, 6.07) is 15.5. The van der Waals surface area contributed by atoms with Crippen molar-refractivity contribution in [3.05, 3.63) is 72.6 Å². The number of nitrogens with zero attached hydrogens (tertiary/aromatic N) is 3. The van der Waals surface area contributed by atoms with Crippen molar-refractivity contribution in [2.24, 2.45) is 4.99 Å². The first-order chi connectivity index (χ1) is 14.0. The molecule has 2 N–H and O–H groups in total. The Balaban J connectivity index is 1.49. The van der Waals surface area contributed by atoms with Gasteiger partial charge in [-0.1, -0.05) is 24.3 Å². The Morgan fingerprint density at radius 1 is 1.07 bits per heavy atom. The lowest BCUT2D eigenvalue weighted by Gasteiger charge is -2.09. The average molecular weight is 409 g/mol. The molecule has 9 heteroatoms. The lowest BCUT2D eigenvalue weighted by Crippen LogP contribution is -2.29. The van der Waals surface area contributed by atoms with E-state index >= 15 is 0 Å². The molecule has 1 aliphatic rings. The van der Waals surface area contributed by atoms with Crippen LogP contribution in [-0.2, 0) is 10.0 Å². The molecular formula is C20H19N5O3S. The highest BCUT2D eigenvalue weighted by Gasteiger charge is 2.19. The Kier molecular flexibility index (Phi) is 5.13. The molecule has 1 aromatic heterocycles. The number of amidine groups is 1. The van der Waals surface area contributed by atoms with Crippen LogP contribution in [0.5, 0.6) is 0 Å². The molecule has 1 aliphatic heterocycles. The van der Waals surface area contributed by atoms with E-state index in [1.807, 2.05) is 30.3 Å². The minimum atomic E-state index is -3.75. The van der Waals surface area contributed by atoms with Gasteiger partial charge in [0.05, 0.1) is 22.3 Å². The normalized spacial score (nSPS) is 13.7. The summed E-state index contributed by atoms with van der Waals surface area (Å²) >= 11 is 0. The van der Waals surface area contributed by atoms with E-state index in [0.717, 1.165) is 12.1 Å². The number of aromatic nitrogens is 2. The Labute approximate surface area is 168 Å². The summed E-state index contributed by atoms with van der Waals surface area (Å²) in [7, 11) is -3.75. The third-order valence-electron chi connectivity index (χ3n) is 4.39. The average Bonchev–Trinajstić information content (AvgIpc) is 3.41. The van der Waals surface area contributed by atoms with E-state index in [9.17, 15) is 13.2 Å². The van der Waals surface area contributed by atoms with Gasteiger partial charge in [0.25, 0.3) is 15.9 Å². The van der Waals surface area contributed by atoms with E-state index in [1.54, 1.807) is 23.0 Å². The largest absolute Gasteiger partial charge is 0.322 e. The molecule has 0 fully saturated rings. The summed E-state index contributed by atoms with van der Waals surface area (Å²) in [6.45, 7) is 0.630. The number of hydrogen-bond donors (Lipinski definition) is 2. The molecule has 29 heavy (non-hydrogen) atoms. The molecule has 0 saturated heterocycles. The van der Waals surface area contributed by atoms with E-state index in [2.05, 4.69) is 20.1 Å². The highest BCUT2D eigenvalue weighted by molar-refractivity contribution is 7.90. The van der Waals surface area contributed by atoms with Crippen LogP contribution in [0.25, 0.3) is 5.69 Å². The molecule has 0 saturated carbocycles. The maximum atomic E-state index is 12.5. The number of aliphatic imine (C=N–C) groups is 1. The monoisotopic (exact) mass is 409 g/mol. The Bertz CT molecular complexity index is 1170. The van der Waals surface area contributed by atoms with Crippen molar-refractivity contribution in [2.45, 2.75) is 17.7 Å². The van der Waals surface area contributed by atoms with Crippen LogP contribution in [0.15, 0.2) is 76.9 Å². The third kappa shape index (κ3) is 4.35. The number of hydrogen-bond acceptors (Lipinski definition) is 5. The van der Waals surface area contributed by atoms with Gasteiger partial charge in [-0.3, -0.25) is 14.5 Å². The van der Waals surface area contributed by atoms with Gasteiger partial charge >= 0.3 is 0 Å².